The van der Waals surface area contributed by atoms with Gasteiger partial charge >= 0.3 is 12.1 Å². The van der Waals surface area contributed by atoms with Crippen molar-refractivity contribution in [2.24, 2.45) is 0 Å². The number of hydrogen-bond donors (Lipinski definition) is 1. The highest BCUT2D eigenvalue weighted by Crippen LogP contribution is 2.36. The lowest BCUT2D eigenvalue weighted by atomic mass is 10.2. The largest absolute Gasteiger partial charge is 0.493 e. The Morgan fingerprint density at radius 1 is 1.17 bits per heavy atom. The van der Waals surface area contributed by atoms with Crippen molar-refractivity contribution in [3.8, 4) is 11.5 Å². The van der Waals surface area contributed by atoms with E-state index in [4.69, 9.17) is 18.9 Å². The molecule has 0 spiro atoms. The lowest BCUT2D eigenvalue weighted by Gasteiger charge is -2.22. The first-order valence-corrected chi connectivity index (χ1v) is 9.72. The highest BCUT2D eigenvalue weighted by molar-refractivity contribution is 7.98. The van der Waals surface area contributed by atoms with Gasteiger partial charge in [0.05, 0.1) is 32.3 Å². The van der Waals surface area contributed by atoms with Gasteiger partial charge in [0.15, 0.2) is 11.5 Å². The molecule has 0 radical (unpaired) electrons. The lowest BCUT2D eigenvalue weighted by Crippen LogP contribution is -2.45. The Hall–Kier alpha value is -2.69. The molecule has 1 unspecified atom stereocenters. The van der Waals surface area contributed by atoms with Crippen LogP contribution in [-0.2, 0) is 20.0 Å². The lowest BCUT2D eigenvalue weighted by molar-refractivity contribution is -0.385. The van der Waals surface area contributed by atoms with Crippen LogP contribution in [0.5, 0.6) is 11.5 Å². The van der Waals surface area contributed by atoms with Gasteiger partial charge in [-0.25, -0.2) is 9.59 Å². The molecule has 0 saturated heterocycles. The number of ether oxygens (including phenoxy) is 4. The molecule has 11 heteroatoms. The first-order valence-electron chi connectivity index (χ1n) is 8.56. The van der Waals surface area contributed by atoms with Crippen molar-refractivity contribution in [1.82, 2.24) is 5.32 Å². The van der Waals surface area contributed by atoms with E-state index in [1.165, 1.54) is 45.2 Å². The summed E-state index contributed by atoms with van der Waals surface area (Å²) in [6.45, 7) is 5.10. The normalized spacial score (nSPS) is 11.9. The van der Waals surface area contributed by atoms with E-state index in [1.807, 2.05) is 0 Å². The molecule has 0 aliphatic rings. The Kier molecular flexibility index (Phi) is 9.02. The number of nitrogens with zero attached hydrogens (tertiary/aromatic N) is 1. The van der Waals surface area contributed by atoms with Gasteiger partial charge in [-0.1, -0.05) is 0 Å². The first kappa shape index (κ1) is 24.3. The van der Waals surface area contributed by atoms with Crippen molar-refractivity contribution in [3.05, 3.63) is 27.8 Å². The van der Waals surface area contributed by atoms with Crippen LogP contribution in [0.25, 0.3) is 0 Å². The Labute approximate surface area is 173 Å². The summed E-state index contributed by atoms with van der Waals surface area (Å²) >= 11 is 1.21. The molecule has 0 bridgehead atoms. The molecule has 1 aromatic carbocycles. The molecule has 0 fully saturated rings. The molecule has 0 aliphatic carbocycles. The van der Waals surface area contributed by atoms with Crippen molar-refractivity contribution in [2.75, 3.05) is 27.1 Å². The van der Waals surface area contributed by atoms with E-state index in [0.717, 1.165) is 0 Å². The SMILES string of the molecule is COC(=O)C(CSCc1cc(OC)c(OC)cc1[N+](=O)[O-])NC(=O)OC(C)(C)C. The highest BCUT2D eigenvalue weighted by Gasteiger charge is 2.26. The molecule has 1 atom stereocenters. The molecule has 0 heterocycles. The molecule has 1 amide bonds. The number of amides is 1. The number of carbonyl (C=O) groups excluding carboxylic acids is 2. The van der Waals surface area contributed by atoms with Gasteiger partial charge < -0.3 is 24.3 Å². The van der Waals surface area contributed by atoms with Crippen LogP contribution in [0, 0.1) is 10.1 Å². The summed E-state index contributed by atoms with van der Waals surface area (Å²) in [6, 6.07) is 1.82. The maximum Gasteiger partial charge on any atom is 0.408 e. The van der Waals surface area contributed by atoms with E-state index < -0.39 is 28.6 Å². The Morgan fingerprint density at radius 3 is 2.24 bits per heavy atom. The monoisotopic (exact) mass is 430 g/mol. The number of alkyl carbamates (subject to hydrolysis) is 1. The van der Waals surface area contributed by atoms with Crippen LogP contribution in [0.2, 0.25) is 0 Å². The second kappa shape index (κ2) is 10.7. The molecule has 29 heavy (non-hydrogen) atoms. The summed E-state index contributed by atoms with van der Waals surface area (Å²) in [5.74, 6) is 0.264. The van der Waals surface area contributed by atoms with Crippen molar-refractivity contribution < 1.29 is 33.5 Å². The summed E-state index contributed by atoms with van der Waals surface area (Å²) < 4.78 is 20.1. The maximum atomic E-state index is 12.0. The zero-order valence-electron chi connectivity index (χ0n) is 17.3. The highest BCUT2D eigenvalue weighted by atomic mass is 32.2. The quantitative estimate of drug-likeness (QED) is 0.357. The number of thioether (sulfide) groups is 1. The molecular weight excluding hydrogens is 404 g/mol. The van der Waals surface area contributed by atoms with Crippen molar-refractivity contribution in [2.45, 2.75) is 38.2 Å². The molecule has 0 aliphatic heterocycles. The third-order valence-electron chi connectivity index (χ3n) is 3.50. The minimum atomic E-state index is -0.973. The minimum Gasteiger partial charge on any atom is -0.493 e. The molecule has 10 nitrogen and oxygen atoms in total. The van der Waals surface area contributed by atoms with Gasteiger partial charge in [-0.15, -0.1) is 0 Å². The van der Waals surface area contributed by atoms with Crippen molar-refractivity contribution in [3.63, 3.8) is 0 Å². The molecule has 162 valence electrons. The molecular formula is C18H26N2O8S. The van der Waals surface area contributed by atoms with Gasteiger partial charge in [-0.2, -0.15) is 11.8 Å². The van der Waals surface area contributed by atoms with Crippen LogP contribution in [0.3, 0.4) is 0 Å². The fourth-order valence-corrected chi connectivity index (χ4v) is 3.27. The van der Waals surface area contributed by atoms with Crippen molar-refractivity contribution >= 4 is 29.5 Å². The number of methoxy groups -OCH3 is 3. The first-order chi connectivity index (χ1) is 13.5. The third kappa shape index (κ3) is 7.68. The number of carbonyl (C=O) groups is 2. The van der Waals surface area contributed by atoms with Crippen LogP contribution in [0.1, 0.15) is 26.3 Å². The number of nitrogens with one attached hydrogen (secondary N) is 1. The van der Waals surface area contributed by atoms with Gasteiger partial charge in [0, 0.05) is 17.1 Å². The summed E-state index contributed by atoms with van der Waals surface area (Å²) in [7, 11) is 4.02. The van der Waals surface area contributed by atoms with Crippen LogP contribution >= 0.6 is 11.8 Å². The van der Waals surface area contributed by atoms with E-state index >= 15 is 0 Å². The third-order valence-corrected chi connectivity index (χ3v) is 4.58. The summed E-state index contributed by atoms with van der Waals surface area (Å²) in [5.41, 5.74) is -0.471. The fourth-order valence-electron chi connectivity index (χ4n) is 2.24. The van der Waals surface area contributed by atoms with Gasteiger partial charge in [-0.05, 0) is 26.8 Å². The van der Waals surface area contributed by atoms with Gasteiger partial charge in [0.1, 0.15) is 11.6 Å². The number of nitro groups is 1. The number of hydrogen-bond acceptors (Lipinski definition) is 9. The van der Waals surface area contributed by atoms with Crippen LogP contribution in [0.4, 0.5) is 10.5 Å². The van der Waals surface area contributed by atoms with E-state index in [9.17, 15) is 19.7 Å². The van der Waals surface area contributed by atoms with Crippen LogP contribution in [-0.4, -0.2) is 55.7 Å². The van der Waals surface area contributed by atoms with E-state index in [-0.39, 0.29) is 22.9 Å². The summed E-state index contributed by atoms with van der Waals surface area (Å²) in [6.07, 6.45) is -0.759. The van der Waals surface area contributed by atoms with E-state index in [1.54, 1.807) is 20.8 Å². The summed E-state index contributed by atoms with van der Waals surface area (Å²) in [5, 5.41) is 13.8. The number of rotatable bonds is 9. The van der Waals surface area contributed by atoms with Crippen LogP contribution < -0.4 is 14.8 Å². The standard InChI is InChI=1S/C18H26N2O8S/c1-18(2,3)28-17(22)19-12(16(21)27-6)10-29-9-11-7-14(25-4)15(26-5)8-13(11)20(23)24/h7-8,12H,9-10H2,1-6H3,(H,19,22). The van der Waals surface area contributed by atoms with Gasteiger partial charge in [-0.3, -0.25) is 10.1 Å². The van der Waals surface area contributed by atoms with Gasteiger partial charge in [0.25, 0.3) is 5.69 Å². The molecule has 0 aromatic heterocycles. The zero-order chi connectivity index (χ0) is 22.2. The van der Waals surface area contributed by atoms with E-state index in [2.05, 4.69) is 5.32 Å². The number of esters is 1. The molecule has 1 aromatic rings. The summed E-state index contributed by atoms with van der Waals surface area (Å²) in [4.78, 5) is 34.8. The Bertz CT molecular complexity index is 748. The maximum absolute atomic E-state index is 12.0. The second-order valence-electron chi connectivity index (χ2n) is 6.83. The smallest absolute Gasteiger partial charge is 0.408 e. The zero-order valence-corrected chi connectivity index (χ0v) is 18.1. The van der Waals surface area contributed by atoms with Gasteiger partial charge in [0.2, 0.25) is 0 Å². The fraction of sp³-hybridized carbons (Fsp3) is 0.556. The number of benzene rings is 1. The average Bonchev–Trinajstić information content (AvgIpc) is 2.64. The second-order valence-corrected chi connectivity index (χ2v) is 7.86. The van der Waals surface area contributed by atoms with Crippen LogP contribution in [0.15, 0.2) is 12.1 Å². The molecule has 1 N–H and O–H groups in total. The molecule has 1 rings (SSSR count). The Morgan fingerprint density at radius 2 is 1.76 bits per heavy atom. The Balaban J connectivity index is 2.90. The molecule has 0 saturated carbocycles. The van der Waals surface area contributed by atoms with Crippen molar-refractivity contribution in [1.29, 1.82) is 0 Å². The van der Waals surface area contributed by atoms with E-state index in [0.29, 0.717) is 11.3 Å². The minimum absolute atomic E-state index is 0.122. The topological polar surface area (TPSA) is 126 Å². The predicted molar refractivity (Wildman–Crippen MR) is 108 cm³/mol. The predicted octanol–water partition coefficient (Wildman–Crippen LogP) is 2.91. The number of nitro benzene ring substituents is 1. The average molecular weight is 430 g/mol.